The van der Waals surface area contributed by atoms with Gasteiger partial charge in [0.25, 0.3) is 0 Å². The average molecular weight is 2050 g/mol. The first-order valence-electron chi connectivity index (χ1n) is 63.1. The zero-order valence-electron chi connectivity index (χ0n) is 96.8. The Morgan fingerprint density at radius 2 is 0.779 bits per heavy atom. The maximum atomic E-state index is 13.2. The molecule has 2 amide bonds. The molecule has 0 aromatic heterocycles. The molecule has 828 valence electrons. The Bertz CT molecular complexity index is 5160. The van der Waals surface area contributed by atoms with Crippen molar-refractivity contribution in [3.63, 3.8) is 0 Å². The van der Waals surface area contributed by atoms with Gasteiger partial charge in [0, 0.05) is 152 Å². The fraction of sp³-hybridized carbons (Fsp3) is 0.856. The number of amides is 2. The van der Waals surface area contributed by atoms with Crippen molar-refractivity contribution in [2.24, 2.45) is 164 Å². The molecule has 1 aromatic rings. The van der Waals surface area contributed by atoms with Crippen molar-refractivity contribution in [1.82, 2.24) is 36.0 Å². The number of likely N-dealkylation sites (tertiary alicyclic amines) is 3. The van der Waals surface area contributed by atoms with Gasteiger partial charge >= 0.3 is 0 Å². The molecule has 1 aromatic carbocycles. The lowest BCUT2D eigenvalue weighted by Gasteiger charge is -2.54. The summed E-state index contributed by atoms with van der Waals surface area (Å²) < 4.78 is 34.6. The number of carbonyl (C=O) groups excluding carboxylic acids is 5. The second-order valence-electron chi connectivity index (χ2n) is 58.4. The minimum atomic E-state index is -0.114. The number of hydrogen-bond donors (Lipinski definition) is 4. The van der Waals surface area contributed by atoms with Crippen LogP contribution in [0.4, 0.5) is 0 Å². The lowest BCUT2D eigenvalue weighted by molar-refractivity contribution is -0.130. The average Bonchev–Trinajstić information content (AvgIpc) is 1.58. The topological polar surface area (TPSA) is 189 Å². The summed E-state index contributed by atoms with van der Waals surface area (Å²) in [5.41, 5.74) is 16.7. The Labute approximate surface area is 901 Å². The van der Waals surface area contributed by atoms with Crippen molar-refractivity contribution in [2.75, 3.05) is 79.6 Å². The van der Waals surface area contributed by atoms with Crippen LogP contribution in [0.25, 0.3) is 0 Å². The van der Waals surface area contributed by atoms with E-state index in [-0.39, 0.29) is 40.3 Å². The van der Waals surface area contributed by atoms with Crippen LogP contribution in [0.1, 0.15) is 393 Å². The highest BCUT2D eigenvalue weighted by atomic mass is 16.5. The first kappa shape index (κ1) is 109. The number of methoxy groups -OCH3 is 1. The van der Waals surface area contributed by atoms with Crippen LogP contribution in [-0.2, 0) is 54.1 Å². The summed E-state index contributed by atoms with van der Waals surface area (Å²) in [5, 5.41) is 13.6. The van der Waals surface area contributed by atoms with Crippen molar-refractivity contribution in [3.05, 3.63) is 80.5 Å². The van der Waals surface area contributed by atoms with Gasteiger partial charge in [-0.25, -0.2) is 0 Å². The lowest BCUT2D eigenvalue weighted by atomic mass is 9.52. The van der Waals surface area contributed by atoms with Crippen molar-refractivity contribution in [3.8, 4) is 0 Å². The van der Waals surface area contributed by atoms with E-state index >= 15 is 0 Å². The fourth-order valence-electron chi connectivity index (χ4n) is 42.8. The molecule has 41 atom stereocenters. The number of piperidine rings is 4. The molecule has 17 nitrogen and oxygen atoms in total. The number of nitrogens with zero attached hydrogens (tertiary/aromatic N) is 3. The monoisotopic (exact) mass is 2050 g/mol. The highest BCUT2D eigenvalue weighted by Crippen LogP contribution is 2.72. The normalized spacial score (nSPS) is 47.9. The van der Waals surface area contributed by atoms with Gasteiger partial charge in [-0.2, -0.15) is 0 Å². The van der Waals surface area contributed by atoms with E-state index in [9.17, 15) is 24.0 Å². The molecule has 17 heteroatoms. The fourth-order valence-corrected chi connectivity index (χ4v) is 42.8. The van der Waals surface area contributed by atoms with Crippen LogP contribution >= 0.6 is 0 Å². The number of fused-ring (bicyclic) bond motifs is 24. The minimum absolute atomic E-state index is 0.0343. The molecule has 16 aliphatic carbocycles. The van der Waals surface area contributed by atoms with Gasteiger partial charge in [-0.05, 0) is 418 Å². The largest absolute Gasteiger partial charge is 0.381 e. The van der Waals surface area contributed by atoms with Gasteiger partial charge in [0.05, 0.1) is 59.5 Å². The standard InChI is InChI=1S/C38H54N2O3.C34H54N2O3.C31H50N2O2.C29H47NO2/c1-24-18-34-36(40(22-24)23-35(42)39-17-14-27-8-6-5-7-9-27)26(3)38(43-34)16-13-30-31-11-10-28-19-29(41)12-15-37(28,4)33(31)20-32(30)25(2)21-38;1-6-7-31(38)35-14-15-36-20-21(2)16-30-32(36)23(4)34(39-30)13-11-26-27-9-8-24-17-25(37)10-12-33(24,5)29(27)18-28(26)22(3)19-34;1-19-14-28-29(33(18-19)13-12-32-5)21(3)31(35-28)11-9-24-25-7-6-22-15-23(34)8-10-30(22,4)27(25)16-26(24)20(2)17-31;1-17-12-26-27(30-16-17)19(3)29(32-26)11-9-22-23-7-6-20-13-21(31-5)8-10-28(20,4)25(23)14-24(22)18(2)15-29/h5-9,24,26,28,30-31,33-34,36H,10-23H2,1-4H3,(H,39,42);21,23-24,26-27,29-30,32H,6-20H2,1-5H3,(H,35,38);19,21-22,24-25,27-29,32H,6-18H2,1-5H3;17,19-23,25-27,30H,6-16H2,1-5H3/t24-,26+,28+,30-,31-,33-,34+,36-,37-,38-;21-,23+,24+,26-,27-,29-,30+,32-,33-,34-;19-,21+,22+,24-,25-,27-,28+,29-,30-,31-;17-,19+,20+,21?,22-,23-,25-,26+,27-,28-,29-/m0000/s1. The quantitative estimate of drug-likeness (QED) is 0.129. The molecule has 8 heterocycles. The summed E-state index contributed by atoms with van der Waals surface area (Å²) >= 11 is 0. The van der Waals surface area contributed by atoms with Gasteiger partial charge in [-0.3, -0.25) is 38.7 Å². The summed E-state index contributed by atoms with van der Waals surface area (Å²) in [7, 11) is 4.00. The van der Waals surface area contributed by atoms with E-state index in [0.29, 0.717) is 166 Å². The molecule has 20 fully saturated rings. The maximum Gasteiger partial charge on any atom is 0.234 e. The molecule has 149 heavy (non-hydrogen) atoms. The Kier molecular flexibility index (Phi) is 31.5. The van der Waals surface area contributed by atoms with Gasteiger partial charge in [0.15, 0.2) is 0 Å². The van der Waals surface area contributed by atoms with E-state index in [1.165, 1.54) is 179 Å². The second kappa shape index (κ2) is 43.1. The van der Waals surface area contributed by atoms with Crippen LogP contribution in [0.2, 0.25) is 0 Å². The van der Waals surface area contributed by atoms with E-state index in [4.69, 9.17) is 23.7 Å². The molecule has 8 aliphatic heterocycles. The first-order chi connectivity index (χ1) is 71.4. The van der Waals surface area contributed by atoms with E-state index < -0.39 is 0 Å². The summed E-state index contributed by atoms with van der Waals surface area (Å²) in [6, 6.07) is 12.3. The van der Waals surface area contributed by atoms with Crippen LogP contribution in [0.5, 0.6) is 0 Å². The van der Waals surface area contributed by atoms with Crippen LogP contribution in [-0.4, -0.2) is 201 Å². The maximum absolute atomic E-state index is 13.2. The first-order valence-corrected chi connectivity index (χ1v) is 63.1. The van der Waals surface area contributed by atoms with E-state index in [1.807, 2.05) is 24.3 Å². The van der Waals surface area contributed by atoms with Crippen LogP contribution in [0.3, 0.4) is 0 Å². The van der Waals surface area contributed by atoms with Gasteiger partial charge in [-0.1, -0.05) is 165 Å². The smallest absolute Gasteiger partial charge is 0.234 e. The molecule has 24 aliphatic rings. The second-order valence-corrected chi connectivity index (χ2v) is 58.4. The third-order valence-electron chi connectivity index (χ3n) is 50.7. The van der Waals surface area contributed by atoms with E-state index in [1.54, 1.807) is 33.4 Å². The van der Waals surface area contributed by atoms with Crippen molar-refractivity contribution < 1.29 is 47.7 Å². The van der Waals surface area contributed by atoms with Gasteiger partial charge < -0.3 is 45.0 Å². The van der Waals surface area contributed by atoms with Crippen LogP contribution in [0, 0.1) is 164 Å². The highest BCUT2D eigenvalue weighted by Gasteiger charge is 2.68. The number of rotatable bonds is 14. The third kappa shape index (κ3) is 19.8. The number of likely N-dealkylation sites (N-methyl/N-ethyl adjacent to an activating group) is 1. The molecule has 0 bridgehead atoms. The number of ether oxygens (including phenoxy) is 5. The molecule has 12 saturated carbocycles. The molecule has 4 N–H and O–H groups in total. The Balaban J connectivity index is 0.000000113. The van der Waals surface area contributed by atoms with Crippen molar-refractivity contribution >= 4 is 29.2 Å². The Morgan fingerprint density at radius 1 is 0.409 bits per heavy atom. The number of benzene rings is 1. The van der Waals surface area contributed by atoms with E-state index in [2.05, 4.69) is 185 Å². The highest BCUT2D eigenvalue weighted by molar-refractivity contribution is 5.81. The number of carbonyl (C=O) groups is 5. The minimum Gasteiger partial charge on any atom is -0.381 e. The summed E-state index contributed by atoms with van der Waals surface area (Å²) in [5.74, 6) is 19.0. The number of Topliss-reactive ketones (excluding diaryl/α,β-unsaturated/α-hetero) is 3. The predicted octanol–water partition coefficient (Wildman–Crippen LogP) is 24.8. The number of allylic oxidation sites excluding steroid dienone is 4. The number of nitrogens with one attached hydrogen (secondary N) is 4. The molecule has 0 radical (unpaired) electrons. The lowest BCUT2D eigenvalue weighted by Crippen LogP contribution is -2.54. The molecular formula is C132H205N7O10. The number of ketones is 3. The Morgan fingerprint density at radius 3 is 1.19 bits per heavy atom. The van der Waals surface area contributed by atoms with Crippen molar-refractivity contribution in [1.29, 1.82) is 0 Å². The van der Waals surface area contributed by atoms with Crippen LogP contribution < -0.4 is 21.3 Å². The van der Waals surface area contributed by atoms with E-state index in [0.717, 1.165) is 231 Å². The SMILES string of the molecule is CC1=C2C[C@H]3[C@@H](CC[C@@H]4CC(=O)CC[C@@]43C)[C@@H]2CC[C@@]2(C1)O[C@@H]1C[C@H](C)CN(CC(=O)NCCc3ccccc3)[C@H]1[C@H]2C.CCCC(=O)NCCN1C[C@@H](C)C[C@H]2O[C@]3(CC[C@@H]4C(=C(C)C3)C[C@H]3[C@H]4CC[C@@H]4CC(=O)CC[C@@]43C)[C@H](C)[C@@H]21.CNCCN1C[C@@H](C)C[C@H]2O[C@]3(CC[C@@H]4C(=C(C)C3)C[C@H]3[C@H]4CC[C@@H]4CC(=O)CC[C@@]43C)[C@H](C)[C@@H]21.COC1CC[C@@]2(C)[C@H](CC[C@H]3[C@@H]4CC[C@@]5(CC(C)=C4C[C@@H]32)O[C@@H]2C[C@H](C)CN[C@H]2[C@H]5C)C1. The molecular weight excluding hydrogens is 1840 g/mol. The summed E-state index contributed by atoms with van der Waals surface area (Å²) in [6.07, 6.45) is 51.8. The zero-order chi connectivity index (χ0) is 104. The van der Waals surface area contributed by atoms with Crippen molar-refractivity contribution in [2.45, 2.75) is 471 Å². The summed E-state index contributed by atoms with van der Waals surface area (Å²) in [4.78, 5) is 70.1. The summed E-state index contributed by atoms with van der Waals surface area (Å²) in [6.45, 7) is 51.2. The zero-order valence-corrected chi connectivity index (χ0v) is 96.8. The molecule has 4 spiro atoms. The Hall–Kier alpha value is -4.27. The molecule has 25 rings (SSSR count). The predicted molar refractivity (Wildman–Crippen MR) is 596 cm³/mol. The van der Waals surface area contributed by atoms with Crippen LogP contribution in [0.15, 0.2) is 74.9 Å². The molecule has 8 saturated heterocycles. The van der Waals surface area contributed by atoms with Gasteiger partial charge in [0.1, 0.15) is 17.3 Å². The van der Waals surface area contributed by atoms with Gasteiger partial charge in [-0.15, -0.1) is 0 Å². The number of hydrogen-bond acceptors (Lipinski definition) is 15. The van der Waals surface area contributed by atoms with Gasteiger partial charge in [0.2, 0.25) is 11.8 Å². The third-order valence-corrected chi connectivity index (χ3v) is 50.7. The molecule has 1 unspecified atom stereocenters.